The first-order valence-corrected chi connectivity index (χ1v) is 10.5. The van der Waals surface area contributed by atoms with Gasteiger partial charge >= 0.3 is 0 Å². The molecule has 1 heterocycles. The Morgan fingerprint density at radius 2 is 1.70 bits per heavy atom. The number of nitrogens with zero attached hydrogens (tertiary/aromatic N) is 1. The third-order valence-electron chi connectivity index (χ3n) is 4.36. The minimum absolute atomic E-state index is 0.103. The van der Waals surface area contributed by atoms with Crippen molar-refractivity contribution in [3.05, 3.63) is 96.1 Å². The van der Waals surface area contributed by atoms with Gasteiger partial charge in [0.1, 0.15) is 5.82 Å². The number of halogens is 1. The highest BCUT2D eigenvalue weighted by molar-refractivity contribution is 8.01. The summed E-state index contributed by atoms with van der Waals surface area (Å²) in [4.78, 5) is 29.3. The van der Waals surface area contributed by atoms with Gasteiger partial charge in [-0.15, -0.1) is 11.8 Å². The molecule has 0 spiro atoms. The van der Waals surface area contributed by atoms with Crippen molar-refractivity contribution < 1.29 is 14.0 Å². The molecule has 0 aliphatic heterocycles. The van der Waals surface area contributed by atoms with Crippen LogP contribution in [0.2, 0.25) is 0 Å². The fraction of sp³-hybridized carbons (Fsp3) is 0.174. The SMILES string of the molecule is CC(SCC(=O)Nc1ccc(F)cc1)C(=O)NC(c1ccccc1)c1ccccn1. The molecule has 0 saturated carbocycles. The van der Waals surface area contributed by atoms with Gasteiger partial charge in [-0.05, 0) is 48.9 Å². The number of anilines is 1. The van der Waals surface area contributed by atoms with Crippen molar-refractivity contribution in [2.24, 2.45) is 0 Å². The van der Waals surface area contributed by atoms with E-state index in [9.17, 15) is 14.0 Å². The zero-order valence-corrected chi connectivity index (χ0v) is 17.2. The molecule has 2 aromatic carbocycles. The van der Waals surface area contributed by atoms with E-state index in [-0.39, 0.29) is 29.4 Å². The molecule has 0 saturated heterocycles. The maximum atomic E-state index is 13.0. The lowest BCUT2D eigenvalue weighted by atomic mass is 10.0. The molecule has 1 aromatic heterocycles. The topological polar surface area (TPSA) is 71.1 Å². The number of aromatic nitrogens is 1. The number of pyridine rings is 1. The van der Waals surface area contributed by atoms with Gasteiger partial charge in [-0.25, -0.2) is 4.39 Å². The van der Waals surface area contributed by atoms with E-state index in [1.807, 2.05) is 48.5 Å². The monoisotopic (exact) mass is 423 g/mol. The van der Waals surface area contributed by atoms with E-state index in [0.29, 0.717) is 5.69 Å². The van der Waals surface area contributed by atoms with Gasteiger partial charge in [0, 0.05) is 11.9 Å². The van der Waals surface area contributed by atoms with Crippen LogP contribution >= 0.6 is 11.8 Å². The Kier molecular flexibility index (Phi) is 7.57. The van der Waals surface area contributed by atoms with Crippen LogP contribution in [-0.2, 0) is 9.59 Å². The summed E-state index contributed by atoms with van der Waals surface area (Å²) in [5, 5.41) is 5.28. The van der Waals surface area contributed by atoms with E-state index < -0.39 is 5.25 Å². The van der Waals surface area contributed by atoms with E-state index >= 15 is 0 Å². The first kappa shape index (κ1) is 21.5. The number of rotatable bonds is 8. The summed E-state index contributed by atoms with van der Waals surface area (Å²) in [7, 11) is 0. The van der Waals surface area contributed by atoms with Crippen molar-refractivity contribution >= 4 is 29.3 Å². The number of thioether (sulfide) groups is 1. The third-order valence-corrected chi connectivity index (χ3v) is 5.51. The highest BCUT2D eigenvalue weighted by atomic mass is 32.2. The number of hydrogen-bond donors (Lipinski definition) is 2. The summed E-state index contributed by atoms with van der Waals surface area (Å²) >= 11 is 1.23. The highest BCUT2D eigenvalue weighted by Crippen LogP contribution is 2.21. The Labute approximate surface area is 179 Å². The van der Waals surface area contributed by atoms with Crippen molar-refractivity contribution in [2.75, 3.05) is 11.1 Å². The summed E-state index contributed by atoms with van der Waals surface area (Å²) in [5.41, 5.74) is 2.18. The summed E-state index contributed by atoms with van der Waals surface area (Å²) < 4.78 is 13.0. The molecule has 0 radical (unpaired) electrons. The zero-order chi connectivity index (χ0) is 21.3. The fourth-order valence-corrected chi connectivity index (χ4v) is 3.48. The van der Waals surface area contributed by atoms with Gasteiger partial charge in [-0.2, -0.15) is 0 Å². The van der Waals surface area contributed by atoms with Crippen LogP contribution < -0.4 is 10.6 Å². The van der Waals surface area contributed by atoms with E-state index in [1.54, 1.807) is 13.1 Å². The molecule has 3 aromatic rings. The van der Waals surface area contributed by atoms with Gasteiger partial charge in [0.05, 0.1) is 22.7 Å². The second kappa shape index (κ2) is 10.5. The van der Waals surface area contributed by atoms with Crippen LogP contribution in [0, 0.1) is 5.82 Å². The lowest BCUT2D eigenvalue weighted by Gasteiger charge is -2.21. The average Bonchev–Trinajstić information content (AvgIpc) is 2.78. The molecule has 2 amide bonds. The minimum Gasteiger partial charge on any atom is -0.343 e. The molecule has 0 aliphatic rings. The summed E-state index contributed by atoms with van der Waals surface area (Å²) in [6.45, 7) is 1.76. The smallest absolute Gasteiger partial charge is 0.234 e. The predicted molar refractivity (Wildman–Crippen MR) is 118 cm³/mol. The standard InChI is InChI=1S/C23H22FN3O2S/c1-16(30-15-21(28)26-19-12-10-18(24)11-13-19)23(29)27-22(17-7-3-2-4-8-17)20-9-5-6-14-25-20/h2-14,16,22H,15H2,1H3,(H,26,28)(H,27,29). The predicted octanol–water partition coefficient (Wildman–Crippen LogP) is 4.19. The number of nitrogens with one attached hydrogen (secondary N) is 2. The van der Waals surface area contributed by atoms with Crippen LogP contribution in [0.4, 0.5) is 10.1 Å². The van der Waals surface area contributed by atoms with Crippen molar-refractivity contribution in [1.29, 1.82) is 0 Å². The number of carbonyl (C=O) groups excluding carboxylic acids is 2. The maximum absolute atomic E-state index is 13.0. The number of benzene rings is 2. The Morgan fingerprint density at radius 1 is 1.00 bits per heavy atom. The Morgan fingerprint density at radius 3 is 2.37 bits per heavy atom. The average molecular weight is 424 g/mol. The number of amides is 2. The Bertz CT molecular complexity index is 929. The Balaban J connectivity index is 1.58. The van der Waals surface area contributed by atoms with E-state index in [2.05, 4.69) is 15.6 Å². The first-order valence-electron chi connectivity index (χ1n) is 9.46. The van der Waals surface area contributed by atoms with Crippen molar-refractivity contribution in [3.8, 4) is 0 Å². The first-order chi connectivity index (χ1) is 14.5. The number of carbonyl (C=O) groups is 2. The van der Waals surface area contributed by atoms with Gasteiger partial charge < -0.3 is 10.6 Å². The summed E-state index contributed by atoms with van der Waals surface area (Å²) in [6, 6.07) is 20.3. The molecule has 154 valence electrons. The van der Waals surface area contributed by atoms with Crippen LogP contribution in [0.25, 0.3) is 0 Å². The van der Waals surface area contributed by atoms with Crippen molar-refractivity contribution in [3.63, 3.8) is 0 Å². The highest BCUT2D eigenvalue weighted by Gasteiger charge is 2.22. The van der Waals surface area contributed by atoms with Crippen LogP contribution in [0.3, 0.4) is 0 Å². The second-order valence-corrected chi connectivity index (χ2v) is 7.94. The molecular formula is C23H22FN3O2S. The van der Waals surface area contributed by atoms with Gasteiger partial charge in [-0.3, -0.25) is 14.6 Å². The minimum atomic E-state index is -0.445. The van der Waals surface area contributed by atoms with E-state index in [0.717, 1.165) is 11.3 Å². The van der Waals surface area contributed by atoms with Crippen LogP contribution in [-0.4, -0.2) is 27.8 Å². The normalized spacial score (nSPS) is 12.6. The van der Waals surface area contributed by atoms with Crippen molar-refractivity contribution in [2.45, 2.75) is 18.2 Å². The second-order valence-electron chi connectivity index (χ2n) is 6.62. The molecule has 3 rings (SSSR count). The maximum Gasteiger partial charge on any atom is 0.234 e. The summed E-state index contributed by atoms with van der Waals surface area (Å²) in [5.74, 6) is -0.704. The molecule has 0 aliphatic carbocycles. The van der Waals surface area contributed by atoms with Gasteiger partial charge in [-0.1, -0.05) is 36.4 Å². The molecule has 2 atom stereocenters. The lowest BCUT2D eigenvalue weighted by Crippen LogP contribution is -2.35. The quantitative estimate of drug-likeness (QED) is 0.570. The molecule has 5 nitrogen and oxygen atoms in total. The molecule has 7 heteroatoms. The fourth-order valence-electron chi connectivity index (χ4n) is 2.79. The zero-order valence-electron chi connectivity index (χ0n) is 16.4. The molecular weight excluding hydrogens is 401 g/mol. The van der Waals surface area contributed by atoms with Crippen LogP contribution in [0.5, 0.6) is 0 Å². The lowest BCUT2D eigenvalue weighted by molar-refractivity contribution is -0.120. The molecule has 0 fully saturated rings. The largest absolute Gasteiger partial charge is 0.343 e. The molecule has 0 bridgehead atoms. The number of hydrogen-bond acceptors (Lipinski definition) is 4. The van der Waals surface area contributed by atoms with Gasteiger partial charge in [0.25, 0.3) is 0 Å². The summed E-state index contributed by atoms with van der Waals surface area (Å²) in [6.07, 6.45) is 1.69. The molecule has 30 heavy (non-hydrogen) atoms. The molecule has 2 unspecified atom stereocenters. The van der Waals surface area contributed by atoms with E-state index in [4.69, 9.17) is 0 Å². The Hall–Kier alpha value is -3.19. The van der Waals surface area contributed by atoms with Crippen LogP contribution in [0.15, 0.2) is 79.0 Å². The molecule has 2 N–H and O–H groups in total. The van der Waals surface area contributed by atoms with E-state index in [1.165, 1.54) is 36.0 Å². The third kappa shape index (κ3) is 6.15. The van der Waals surface area contributed by atoms with Crippen molar-refractivity contribution in [1.82, 2.24) is 10.3 Å². The van der Waals surface area contributed by atoms with Gasteiger partial charge in [0.15, 0.2) is 0 Å². The van der Waals surface area contributed by atoms with Gasteiger partial charge in [0.2, 0.25) is 11.8 Å². The van der Waals surface area contributed by atoms with Crippen LogP contribution in [0.1, 0.15) is 24.2 Å².